The molecule has 0 bridgehead atoms. The standard InChI is InChI=1S/C10H14ClN3/c1-7-4-10(14-13-7)8-2-3-12-9(5-8)6-11/h2-3,5,7,10,13-14H,4,6H2,1H3. The van der Waals surface area contributed by atoms with Crippen molar-refractivity contribution in [2.24, 2.45) is 0 Å². The molecule has 76 valence electrons. The van der Waals surface area contributed by atoms with E-state index in [0.717, 1.165) is 12.1 Å². The van der Waals surface area contributed by atoms with E-state index >= 15 is 0 Å². The number of hydrogen-bond acceptors (Lipinski definition) is 3. The quantitative estimate of drug-likeness (QED) is 0.732. The second-order valence-corrected chi connectivity index (χ2v) is 3.96. The van der Waals surface area contributed by atoms with Gasteiger partial charge in [0.15, 0.2) is 0 Å². The van der Waals surface area contributed by atoms with E-state index in [9.17, 15) is 0 Å². The molecule has 0 amide bonds. The van der Waals surface area contributed by atoms with Crippen LogP contribution in [0.5, 0.6) is 0 Å². The number of nitrogens with one attached hydrogen (secondary N) is 2. The van der Waals surface area contributed by atoms with Crippen LogP contribution in [0, 0.1) is 0 Å². The zero-order valence-electron chi connectivity index (χ0n) is 8.13. The van der Waals surface area contributed by atoms with Crippen LogP contribution in [0.2, 0.25) is 0 Å². The monoisotopic (exact) mass is 211 g/mol. The lowest BCUT2D eigenvalue weighted by atomic mass is 10.0. The van der Waals surface area contributed by atoms with Crippen LogP contribution in [-0.4, -0.2) is 11.0 Å². The Morgan fingerprint density at radius 2 is 2.43 bits per heavy atom. The molecule has 2 rings (SSSR count). The summed E-state index contributed by atoms with van der Waals surface area (Å²) in [5.74, 6) is 0.476. The molecule has 4 heteroatoms. The summed E-state index contributed by atoms with van der Waals surface area (Å²) in [7, 11) is 0. The van der Waals surface area contributed by atoms with Crippen LogP contribution in [-0.2, 0) is 5.88 Å². The lowest BCUT2D eigenvalue weighted by molar-refractivity contribution is 0.560. The predicted molar refractivity (Wildman–Crippen MR) is 56.9 cm³/mol. The Kier molecular flexibility index (Phi) is 3.01. The van der Waals surface area contributed by atoms with Gasteiger partial charge in [0.05, 0.1) is 11.6 Å². The molecule has 1 fully saturated rings. The third-order valence-corrected chi connectivity index (χ3v) is 2.75. The fourth-order valence-electron chi connectivity index (χ4n) is 1.72. The fraction of sp³-hybridized carbons (Fsp3) is 0.500. The molecule has 0 aliphatic carbocycles. The zero-order chi connectivity index (χ0) is 9.97. The molecular formula is C10H14ClN3. The molecular weight excluding hydrogens is 198 g/mol. The highest BCUT2D eigenvalue weighted by Gasteiger charge is 2.21. The van der Waals surface area contributed by atoms with Crippen LogP contribution in [0.1, 0.15) is 30.6 Å². The van der Waals surface area contributed by atoms with Crippen molar-refractivity contribution >= 4 is 11.6 Å². The Morgan fingerprint density at radius 1 is 1.57 bits per heavy atom. The van der Waals surface area contributed by atoms with Crippen molar-refractivity contribution in [1.82, 2.24) is 15.8 Å². The van der Waals surface area contributed by atoms with Crippen LogP contribution in [0.25, 0.3) is 0 Å². The summed E-state index contributed by atoms with van der Waals surface area (Å²) in [5.41, 5.74) is 8.65. The van der Waals surface area contributed by atoms with Crippen molar-refractivity contribution in [3.63, 3.8) is 0 Å². The lowest BCUT2D eigenvalue weighted by Gasteiger charge is -2.09. The van der Waals surface area contributed by atoms with E-state index in [1.165, 1.54) is 5.56 Å². The second kappa shape index (κ2) is 4.26. The van der Waals surface area contributed by atoms with Gasteiger partial charge in [0.1, 0.15) is 0 Å². The van der Waals surface area contributed by atoms with Gasteiger partial charge in [-0.25, -0.2) is 0 Å². The number of rotatable bonds is 2. The molecule has 1 aromatic heterocycles. The molecule has 0 spiro atoms. The van der Waals surface area contributed by atoms with Crippen LogP contribution < -0.4 is 10.9 Å². The molecule has 1 aliphatic heterocycles. The van der Waals surface area contributed by atoms with Gasteiger partial charge in [-0.2, -0.15) is 0 Å². The van der Waals surface area contributed by atoms with Crippen molar-refractivity contribution in [2.75, 3.05) is 0 Å². The van der Waals surface area contributed by atoms with Crippen LogP contribution >= 0.6 is 11.6 Å². The number of hydrogen-bond donors (Lipinski definition) is 2. The molecule has 0 aromatic carbocycles. The van der Waals surface area contributed by atoms with Crippen molar-refractivity contribution in [2.45, 2.75) is 31.3 Å². The van der Waals surface area contributed by atoms with Crippen LogP contribution in [0.3, 0.4) is 0 Å². The van der Waals surface area contributed by atoms with E-state index < -0.39 is 0 Å². The molecule has 2 atom stereocenters. The van der Waals surface area contributed by atoms with Gasteiger partial charge in [0.2, 0.25) is 0 Å². The van der Waals surface area contributed by atoms with Crippen molar-refractivity contribution in [3.8, 4) is 0 Å². The summed E-state index contributed by atoms with van der Waals surface area (Å²) >= 11 is 5.74. The highest BCUT2D eigenvalue weighted by molar-refractivity contribution is 6.16. The van der Waals surface area contributed by atoms with Gasteiger partial charge in [-0.3, -0.25) is 15.8 Å². The largest absolute Gasteiger partial charge is 0.260 e. The summed E-state index contributed by atoms with van der Waals surface area (Å²) < 4.78 is 0. The molecule has 1 aromatic rings. The number of nitrogens with zero attached hydrogens (tertiary/aromatic N) is 1. The van der Waals surface area contributed by atoms with E-state index in [1.807, 2.05) is 12.3 Å². The molecule has 14 heavy (non-hydrogen) atoms. The van der Waals surface area contributed by atoms with Gasteiger partial charge >= 0.3 is 0 Å². The lowest BCUT2D eigenvalue weighted by Crippen LogP contribution is -2.28. The van der Waals surface area contributed by atoms with Gasteiger partial charge in [0, 0.05) is 18.3 Å². The SMILES string of the molecule is CC1CC(c2ccnc(CCl)c2)NN1. The second-order valence-electron chi connectivity index (χ2n) is 3.69. The molecule has 3 nitrogen and oxygen atoms in total. The first-order chi connectivity index (χ1) is 6.79. The minimum absolute atomic E-state index is 0.384. The van der Waals surface area contributed by atoms with Crippen molar-refractivity contribution in [1.29, 1.82) is 0 Å². The Hall–Kier alpha value is -0.640. The highest BCUT2D eigenvalue weighted by atomic mass is 35.5. The van der Waals surface area contributed by atoms with E-state index in [2.05, 4.69) is 28.8 Å². The molecule has 0 saturated carbocycles. The third-order valence-electron chi connectivity index (χ3n) is 2.47. The maximum atomic E-state index is 5.74. The predicted octanol–water partition coefficient (Wildman–Crippen LogP) is 1.75. The maximum Gasteiger partial charge on any atom is 0.0647 e. The third kappa shape index (κ3) is 2.05. The minimum Gasteiger partial charge on any atom is -0.260 e. The van der Waals surface area contributed by atoms with Gasteiger partial charge in [0.25, 0.3) is 0 Å². The van der Waals surface area contributed by atoms with E-state index in [0.29, 0.717) is 18.0 Å². The Balaban J connectivity index is 2.15. The summed E-state index contributed by atoms with van der Waals surface area (Å²) in [5, 5.41) is 0. The molecule has 0 radical (unpaired) electrons. The normalized spacial score (nSPS) is 26.7. The highest BCUT2D eigenvalue weighted by Crippen LogP contribution is 2.22. The Morgan fingerprint density at radius 3 is 3.07 bits per heavy atom. The minimum atomic E-state index is 0.384. The van der Waals surface area contributed by atoms with E-state index in [4.69, 9.17) is 11.6 Å². The number of alkyl halides is 1. The topological polar surface area (TPSA) is 37.0 Å². The number of pyridine rings is 1. The van der Waals surface area contributed by atoms with E-state index in [-0.39, 0.29) is 0 Å². The summed E-state index contributed by atoms with van der Waals surface area (Å²) in [6, 6.07) is 5.00. The number of aromatic nitrogens is 1. The maximum absolute atomic E-state index is 5.74. The van der Waals surface area contributed by atoms with Gasteiger partial charge < -0.3 is 0 Å². The number of halogens is 1. The summed E-state index contributed by atoms with van der Waals surface area (Å²) in [6.07, 6.45) is 2.92. The smallest absolute Gasteiger partial charge is 0.0647 e. The van der Waals surface area contributed by atoms with Gasteiger partial charge in [-0.15, -0.1) is 11.6 Å². The van der Waals surface area contributed by atoms with Gasteiger partial charge in [-0.1, -0.05) is 0 Å². The molecule has 2 N–H and O–H groups in total. The van der Waals surface area contributed by atoms with Crippen molar-refractivity contribution in [3.05, 3.63) is 29.6 Å². The molecule has 2 unspecified atom stereocenters. The Labute approximate surface area is 88.8 Å². The first-order valence-corrected chi connectivity index (χ1v) is 5.35. The number of hydrazine groups is 1. The van der Waals surface area contributed by atoms with Gasteiger partial charge in [-0.05, 0) is 31.0 Å². The average molecular weight is 212 g/mol. The summed E-state index contributed by atoms with van der Waals surface area (Å²) in [4.78, 5) is 4.17. The molecule has 2 heterocycles. The molecule has 1 aliphatic rings. The first kappa shape index (κ1) is 9.90. The van der Waals surface area contributed by atoms with Crippen molar-refractivity contribution < 1.29 is 0 Å². The summed E-state index contributed by atoms with van der Waals surface area (Å²) in [6.45, 7) is 2.16. The Bertz CT molecular complexity index is 316. The average Bonchev–Trinajstić information content (AvgIpc) is 2.65. The van der Waals surface area contributed by atoms with Crippen LogP contribution in [0.15, 0.2) is 18.3 Å². The first-order valence-electron chi connectivity index (χ1n) is 4.81. The van der Waals surface area contributed by atoms with Crippen LogP contribution in [0.4, 0.5) is 0 Å². The van der Waals surface area contributed by atoms with E-state index in [1.54, 1.807) is 0 Å². The zero-order valence-corrected chi connectivity index (χ0v) is 8.88. The molecule has 1 saturated heterocycles. The fourth-order valence-corrected chi connectivity index (χ4v) is 1.87.